The highest BCUT2D eigenvalue weighted by atomic mass is 35.5. The van der Waals surface area contributed by atoms with Gasteiger partial charge in [-0.15, -0.1) is 28.6 Å². The summed E-state index contributed by atoms with van der Waals surface area (Å²) < 4.78 is 1.72. The maximum absolute atomic E-state index is 12.9. The zero-order valence-electron chi connectivity index (χ0n) is 20.1. The van der Waals surface area contributed by atoms with Gasteiger partial charge in [-0.2, -0.15) is 14.3 Å². The number of aliphatic carboxylic acids is 2. The number of aromatic nitrogens is 4. The van der Waals surface area contributed by atoms with E-state index in [-0.39, 0.29) is 33.4 Å². The zero-order chi connectivity index (χ0) is 28.7. The molecule has 1 saturated heterocycles. The van der Waals surface area contributed by atoms with E-state index in [1.807, 2.05) is 0 Å². The van der Waals surface area contributed by atoms with Gasteiger partial charge in [-0.25, -0.2) is 9.59 Å². The normalized spacial score (nSPS) is 19.2. The lowest BCUT2D eigenvalue weighted by Crippen LogP contribution is -2.70. The minimum absolute atomic E-state index is 0.129. The number of hydrogen-bond donors (Lipinski definition) is 4. The third-order valence-corrected chi connectivity index (χ3v) is 8.78. The summed E-state index contributed by atoms with van der Waals surface area (Å²) in [4.78, 5) is 62.1. The molecule has 40 heavy (non-hydrogen) atoms. The van der Waals surface area contributed by atoms with E-state index < -0.39 is 53.5 Å². The Bertz CT molecular complexity index is 1660. The average Bonchev–Trinajstić information content (AvgIpc) is 3.23. The van der Waals surface area contributed by atoms with Crippen molar-refractivity contribution < 1.29 is 34.5 Å². The summed E-state index contributed by atoms with van der Waals surface area (Å²) >= 11 is 8.43. The maximum Gasteiger partial charge on any atom is 0.367 e. The number of carbonyl (C=O) groups is 4. The molecule has 5 rings (SSSR count). The van der Waals surface area contributed by atoms with Crippen LogP contribution in [0.3, 0.4) is 0 Å². The first-order valence-corrected chi connectivity index (χ1v) is 13.9. The van der Waals surface area contributed by atoms with Crippen molar-refractivity contribution in [3.05, 3.63) is 68.7 Å². The number of carboxylic acid groups (broad SMARTS) is 2. The Balaban J connectivity index is 1.29. The number of halogens is 1. The number of amides is 2. The third-order valence-electron chi connectivity index (χ3n) is 6.09. The molecule has 0 aliphatic carbocycles. The van der Waals surface area contributed by atoms with E-state index in [2.05, 4.69) is 15.5 Å². The molecule has 3 atom stereocenters. The number of fused-ring (bicyclic) bond motifs is 2. The van der Waals surface area contributed by atoms with E-state index in [0.29, 0.717) is 10.6 Å². The first-order valence-electron chi connectivity index (χ1n) is 11.5. The number of benzene rings is 1. The molecule has 0 saturated carbocycles. The number of β-lactam (4-membered cyclic amide) rings is 1. The molecular weight excluding hydrogens is 588 g/mol. The van der Waals surface area contributed by atoms with Crippen molar-refractivity contribution >= 4 is 64.5 Å². The topological polar surface area (TPSA) is 196 Å². The monoisotopic (exact) mass is 606 g/mol. The van der Waals surface area contributed by atoms with Gasteiger partial charge in [-0.05, 0) is 23.8 Å². The highest BCUT2D eigenvalue weighted by molar-refractivity contribution is 8.01. The van der Waals surface area contributed by atoms with Crippen molar-refractivity contribution in [2.75, 3.05) is 11.5 Å². The zero-order valence-corrected chi connectivity index (χ0v) is 22.5. The van der Waals surface area contributed by atoms with E-state index >= 15 is 0 Å². The Morgan fingerprint density at radius 1 is 1.15 bits per heavy atom. The van der Waals surface area contributed by atoms with E-state index in [0.717, 1.165) is 25.9 Å². The van der Waals surface area contributed by atoms with Crippen LogP contribution >= 0.6 is 35.1 Å². The minimum atomic E-state index is -1.61. The molecule has 2 amide bonds. The highest BCUT2D eigenvalue weighted by Gasteiger charge is 2.54. The van der Waals surface area contributed by atoms with Crippen molar-refractivity contribution in [3.63, 3.8) is 0 Å². The molecule has 17 heteroatoms. The van der Waals surface area contributed by atoms with Gasteiger partial charge in [-0.3, -0.25) is 19.3 Å². The van der Waals surface area contributed by atoms with Crippen molar-refractivity contribution in [3.8, 4) is 0 Å². The predicted molar refractivity (Wildman–Crippen MR) is 142 cm³/mol. The Morgan fingerprint density at radius 2 is 1.90 bits per heavy atom. The molecule has 2 aromatic heterocycles. The molecule has 0 bridgehead atoms. The number of aliphatic hydroxyl groups excluding tert-OH is 1. The van der Waals surface area contributed by atoms with Crippen LogP contribution < -0.4 is 11.0 Å². The second-order valence-electron chi connectivity index (χ2n) is 8.64. The molecule has 4 N–H and O–H groups in total. The molecule has 14 nitrogen and oxygen atoms in total. The van der Waals surface area contributed by atoms with Crippen LogP contribution in [-0.4, -0.2) is 86.3 Å². The van der Waals surface area contributed by atoms with E-state index in [4.69, 9.17) is 16.7 Å². The number of carboxylic acids is 2. The Labute approximate surface area is 237 Å². The van der Waals surface area contributed by atoms with Crippen molar-refractivity contribution in [2.24, 2.45) is 0 Å². The minimum Gasteiger partial charge on any atom is -0.480 e. The fourth-order valence-electron chi connectivity index (χ4n) is 4.23. The predicted octanol–water partition coefficient (Wildman–Crippen LogP) is 0.193. The molecule has 0 spiro atoms. The van der Waals surface area contributed by atoms with E-state index in [9.17, 15) is 34.2 Å². The number of rotatable bonds is 9. The number of nitrogens with one attached hydrogen (secondary N) is 1. The molecule has 1 unspecified atom stereocenters. The molecular formula is C23H19ClN6O8S2. The number of carbonyl (C=O) groups excluding carboxylic acids is 2. The molecule has 2 aliphatic rings. The molecule has 2 aliphatic heterocycles. The second kappa shape index (κ2) is 11.0. The Kier molecular flexibility index (Phi) is 7.59. The van der Waals surface area contributed by atoms with Crippen molar-refractivity contribution in [2.45, 2.75) is 29.1 Å². The van der Waals surface area contributed by atoms with Gasteiger partial charge in [0.25, 0.3) is 11.8 Å². The van der Waals surface area contributed by atoms with E-state index in [1.54, 1.807) is 18.2 Å². The van der Waals surface area contributed by atoms with Crippen LogP contribution in [0.25, 0.3) is 5.65 Å². The van der Waals surface area contributed by atoms with Gasteiger partial charge in [0, 0.05) is 22.1 Å². The standard InChI is InChI=1S/C23H19ClN6O8S2/c24-12-4-2-1-3-11(12)18(33)19(34)25-16-20(35)29-17(22(36)37)10(9-40-21(16)29)8-39-14-6-5-13-26-28(7-15(31)32)23(38)30(13)27-14/h1-6,16,18,21,33H,7-9H2,(H,25,34)(H,31,32)(H,36,37)/t16?,18-,21-/m1/s1. The molecule has 4 heterocycles. The largest absolute Gasteiger partial charge is 0.480 e. The number of aliphatic hydroxyl groups is 1. The van der Waals surface area contributed by atoms with Gasteiger partial charge in [-0.1, -0.05) is 29.8 Å². The number of hydrogen-bond acceptors (Lipinski definition) is 10. The first kappa shape index (κ1) is 27.7. The number of thioether (sulfide) groups is 2. The van der Waals surface area contributed by atoms with Crippen LogP contribution in [0, 0.1) is 0 Å². The third kappa shape index (κ3) is 5.05. The van der Waals surface area contributed by atoms with Crippen LogP contribution in [0.1, 0.15) is 11.7 Å². The Hall–Kier alpha value is -3.86. The lowest BCUT2D eigenvalue weighted by molar-refractivity contribution is -0.151. The lowest BCUT2D eigenvalue weighted by Gasteiger charge is -2.49. The van der Waals surface area contributed by atoms with Crippen LogP contribution in [0.15, 0.2) is 57.5 Å². The Morgan fingerprint density at radius 3 is 2.60 bits per heavy atom. The SMILES string of the molecule is O=C(O)Cn1nc2ccc(SCC3=C(C(=O)O)N4C(=O)C(NC(=O)[C@H](O)c5ccccc5Cl)[C@H]4SC3)nn2c1=O. The van der Waals surface area contributed by atoms with Gasteiger partial charge in [0.2, 0.25) is 0 Å². The van der Waals surface area contributed by atoms with E-state index in [1.165, 1.54) is 30.0 Å². The smallest absolute Gasteiger partial charge is 0.367 e. The summed E-state index contributed by atoms with van der Waals surface area (Å²) in [5, 5.41) is 39.6. The molecule has 3 aromatic rings. The van der Waals surface area contributed by atoms with Crippen LogP contribution in [0.5, 0.6) is 0 Å². The summed E-state index contributed by atoms with van der Waals surface area (Å²) in [6.45, 7) is -0.623. The van der Waals surface area contributed by atoms with Crippen molar-refractivity contribution in [1.82, 2.24) is 29.6 Å². The van der Waals surface area contributed by atoms with Gasteiger partial charge in [0.15, 0.2) is 11.8 Å². The molecule has 1 aromatic carbocycles. The number of nitrogens with zero attached hydrogens (tertiary/aromatic N) is 5. The summed E-state index contributed by atoms with van der Waals surface area (Å²) in [7, 11) is 0. The summed E-state index contributed by atoms with van der Waals surface area (Å²) in [5.41, 5.74) is -0.179. The van der Waals surface area contributed by atoms with Crippen LogP contribution in [-0.2, 0) is 25.7 Å². The quantitative estimate of drug-likeness (QED) is 0.191. The van der Waals surface area contributed by atoms with Gasteiger partial charge in [0.1, 0.15) is 28.7 Å². The molecule has 0 radical (unpaired) electrons. The fourth-order valence-corrected chi connectivity index (χ4v) is 6.80. The maximum atomic E-state index is 12.9. The summed E-state index contributed by atoms with van der Waals surface area (Å²) in [6, 6.07) is 8.25. The van der Waals surface area contributed by atoms with Crippen molar-refractivity contribution in [1.29, 1.82) is 0 Å². The molecule has 1 fully saturated rings. The van der Waals surface area contributed by atoms with Gasteiger partial charge >= 0.3 is 17.6 Å². The highest BCUT2D eigenvalue weighted by Crippen LogP contribution is 2.41. The van der Waals surface area contributed by atoms with Crippen LogP contribution in [0.2, 0.25) is 5.02 Å². The fraction of sp³-hybridized carbons (Fsp3) is 0.261. The average molecular weight is 607 g/mol. The van der Waals surface area contributed by atoms with Gasteiger partial charge in [0.05, 0.1) is 0 Å². The lowest BCUT2D eigenvalue weighted by atomic mass is 10.0. The summed E-state index contributed by atoms with van der Waals surface area (Å²) in [5.74, 6) is -3.65. The summed E-state index contributed by atoms with van der Waals surface area (Å²) in [6.07, 6.45) is -1.61. The van der Waals surface area contributed by atoms with Gasteiger partial charge < -0.3 is 20.6 Å². The second-order valence-corrected chi connectivity index (χ2v) is 11.1. The van der Waals surface area contributed by atoms with Crippen LogP contribution in [0.4, 0.5) is 0 Å². The molecule has 208 valence electrons. The first-order chi connectivity index (χ1) is 19.1.